The maximum Gasteiger partial charge on any atom is 0.318 e. The zero-order valence-electron chi connectivity index (χ0n) is 7.83. The minimum absolute atomic E-state index is 0.00799. The maximum absolute atomic E-state index is 11.1. The second-order valence-electron chi connectivity index (χ2n) is 2.77. The lowest BCUT2D eigenvalue weighted by molar-refractivity contribution is -0.121. The molecule has 2 atom stereocenters. The van der Waals surface area contributed by atoms with Gasteiger partial charge in [-0.05, 0) is 13.8 Å². The maximum atomic E-state index is 11.1. The van der Waals surface area contributed by atoms with Crippen LogP contribution in [-0.4, -0.2) is 24.0 Å². The Morgan fingerprint density at radius 3 is 2.38 bits per heavy atom. The van der Waals surface area contributed by atoms with Crippen molar-refractivity contribution in [2.75, 3.05) is 0 Å². The molecule has 4 N–H and O–H groups in total. The molecule has 0 aromatic carbocycles. The molecule has 0 spiro atoms. The van der Waals surface area contributed by atoms with Crippen molar-refractivity contribution < 1.29 is 9.59 Å². The van der Waals surface area contributed by atoms with Crippen LogP contribution < -0.4 is 16.4 Å². The Morgan fingerprint density at radius 1 is 1.46 bits per heavy atom. The number of amides is 3. The molecule has 5 nitrogen and oxygen atoms in total. The van der Waals surface area contributed by atoms with E-state index in [2.05, 4.69) is 11.9 Å². The number of hydrogen-bond acceptors (Lipinski definition) is 3. The SMILES string of the molecule is C=CC(C)NC(C)C(=O)NC(N)=O. The minimum atomic E-state index is -0.843. The molecule has 13 heavy (non-hydrogen) atoms. The molecule has 0 radical (unpaired) electrons. The number of imide groups is 1. The van der Waals surface area contributed by atoms with Crippen LogP contribution in [-0.2, 0) is 4.79 Å². The molecule has 5 heteroatoms. The molecular formula is C8H15N3O2. The van der Waals surface area contributed by atoms with E-state index in [1.807, 2.05) is 12.2 Å². The van der Waals surface area contributed by atoms with Gasteiger partial charge in [0.1, 0.15) is 0 Å². The van der Waals surface area contributed by atoms with Crippen molar-refractivity contribution in [1.82, 2.24) is 10.6 Å². The monoisotopic (exact) mass is 185 g/mol. The summed E-state index contributed by atoms with van der Waals surface area (Å²) in [5, 5.41) is 4.87. The van der Waals surface area contributed by atoms with E-state index in [4.69, 9.17) is 5.73 Å². The molecule has 0 aromatic rings. The highest BCUT2D eigenvalue weighted by Crippen LogP contribution is 1.88. The largest absolute Gasteiger partial charge is 0.351 e. The fourth-order valence-electron chi connectivity index (χ4n) is 0.768. The first-order chi connectivity index (χ1) is 5.97. The van der Waals surface area contributed by atoms with Gasteiger partial charge < -0.3 is 11.1 Å². The van der Waals surface area contributed by atoms with Crippen molar-refractivity contribution in [1.29, 1.82) is 0 Å². The van der Waals surface area contributed by atoms with E-state index >= 15 is 0 Å². The van der Waals surface area contributed by atoms with Gasteiger partial charge in [-0.25, -0.2) is 4.79 Å². The summed E-state index contributed by atoms with van der Waals surface area (Å²) in [6.07, 6.45) is 1.66. The lowest BCUT2D eigenvalue weighted by atomic mass is 10.2. The van der Waals surface area contributed by atoms with E-state index in [0.29, 0.717) is 0 Å². The van der Waals surface area contributed by atoms with Crippen LogP contribution in [0, 0.1) is 0 Å². The number of rotatable bonds is 4. The highest BCUT2D eigenvalue weighted by Gasteiger charge is 2.14. The molecule has 0 aliphatic heterocycles. The van der Waals surface area contributed by atoms with Crippen LogP contribution in [0.1, 0.15) is 13.8 Å². The average molecular weight is 185 g/mol. The first-order valence-corrected chi connectivity index (χ1v) is 3.96. The molecule has 0 bridgehead atoms. The topological polar surface area (TPSA) is 84.2 Å². The minimum Gasteiger partial charge on any atom is -0.351 e. The predicted octanol–water partition coefficient (Wildman–Crippen LogP) is -0.266. The third-order valence-electron chi connectivity index (χ3n) is 1.51. The molecule has 2 unspecified atom stereocenters. The van der Waals surface area contributed by atoms with Gasteiger partial charge in [-0.15, -0.1) is 6.58 Å². The zero-order chi connectivity index (χ0) is 10.4. The Kier molecular flexibility index (Phi) is 4.76. The molecule has 0 aliphatic rings. The second-order valence-corrected chi connectivity index (χ2v) is 2.77. The quantitative estimate of drug-likeness (QED) is 0.527. The molecule has 74 valence electrons. The van der Waals surface area contributed by atoms with Gasteiger partial charge in [-0.3, -0.25) is 10.1 Å². The van der Waals surface area contributed by atoms with E-state index in [1.54, 1.807) is 13.0 Å². The smallest absolute Gasteiger partial charge is 0.318 e. The Hall–Kier alpha value is -1.36. The highest BCUT2D eigenvalue weighted by molar-refractivity contribution is 5.96. The van der Waals surface area contributed by atoms with Crippen LogP contribution in [0.25, 0.3) is 0 Å². The van der Waals surface area contributed by atoms with Gasteiger partial charge >= 0.3 is 6.03 Å². The van der Waals surface area contributed by atoms with Gasteiger partial charge in [-0.2, -0.15) is 0 Å². The van der Waals surface area contributed by atoms with E-state index < -0.39 is 18.0 Å². The van der Waals surface area contributed by atoms with Crippen molar-refractivity contribution >= 4 is 11.9 Å². The fourth-order valence-corrected chi connectivity index (χ4v) is 0.768. The summed E-state index contributed by atoms with van der Waals surface area (Å²) >= 11 is 0. The molecule has 3 amide bonds. The van der Waals surface area contributed by atoms with Gasteiger partial charge in [0.05, 0.1) is 6.04 Å². The summed E-state index contributed by atoms with van der Waals surface area (Å²) < 4.78 is 0. The Labute approximate surface area is 77.4 Å². The normalized spacial score (nSPS) is 14.3. The number of primary amides is 1. The summed E-state index contributed by atoms with van der Waals surface area (Å²) in [7, 11) is 0. The van der Waals surface area contributed by atoms with Crippen molar-refractivity contribution in [3.05, 3.63) is 12.7 Å². The van der Waals surface area contributed by atoms with Gasteiger partial charge in [0.15, 0.2) is 0 Å². The lowest BCUT2D eigenvalue weighted by Crippen LogP contribution is -2.48. The van der Waals surface area contributed by atoms with E-state index in [9.17, 15) is 9.59 Å². The summed E-state index contributed by atoms with van der Waals surface area (Å²) in [6.45, 7) is 7.03. The van der Waals surface area contributed by atoms with Crippen molar-refractivity contribution in [3.8, 4) is 0 Å². The molecule has 0 heterocycles. The van der Waals surface area contributed by atoms with E-state index in [1.165, 1.54) is 0 Å². The van der Waals surface area contributed by atoms with Crippen LogP contribution in [0.2, 0.25) is 0 Å². The van der Waals surface area contributed by atoms with Gasteiger partial charge in [0.2, 0.25) is 5.91 Å². The fraction of sp³-hybridized carbons (Fsp3) is 0.500. The molecule has 0 saturated carbocycles. The number of carbonyl (C=O) groups excluding carboxylic acids is 2. The lowest BCUT2D eigenvalue weighted by Gasteiger charge is -2.15. The van der Waals surface area contributed by atoms with Crippen LogP contribution in [0.15, 0.2) is 12.7 Å². The molecular weight excluding hydrogens is 170 g/mol. The first kappa shape index (κ1) is 11.6. The van der Waals surface area contributed by atoms with Crippen LogP contribution in [0.5, 0.6) is 0 Å². The summed E-state index contributed by atoms with van der Waals surface area (Å²) in [4.78, 5) is 21.4. The van der Waals surface area contributed by atoms with E-state index in [0.717, 1.165) is 0 Å². The number of nitrogens with one attached hydrogen (secondary N) is 2. The number of nitrogens with two attached hydrogens (primary N) is 1. The number of hydrogen-bond donors (Lipinski definition) is 3. The summed E-state index contributed by atoms with van der Waals surface area (Å²) in [6, 6.07) is -1.31. The predicted molar refractivity (Wildman–Crippen MR) is 50.0 cm³/mol. The summed E-state index contributed by atoms with van der Waals surface area (Å²) in [5.74, 6) is -0.443. The number of urea groups is 1. The molecule has 0 saturated heterocycles. The van der Waals surface area contributed by atoms with Crippen molar-refractivity contribution in [2.45, 2.75) is 25.9 Å². The van der Waals surface area contributed by atoms with E-state index in [-0.39, 0.29) is 6.04 Å². The second kappa shape index (κ2) is 5.31. The third-order valence-corrected chi connectivity index (χ3v) is 1.51. The summed E-state index contributed by atoms with van der Waals surface area (Å²) in [5.41, 5.74) is 4.78. The van der Waals surface area contributed by atoms with Gasteiger partial charge in [-0.1, -0.05) is 6.08 Å². The Bertz CT molecular complexity index is 215. The van der Waals surface area contributed by atoms with Crippen LogP contribution >= 0.6 is 0 Å². The van der Waals surface area contributed by atoms with Crippen molar-refractivity contribution in [2.24, 2.45) is 5.73 Å². The molecule has 0 aliphatic carbocycles. The zero-order valence-corrected chi connectivity index (χ0v) is 7.83. The molecule has 0 aromatic heterocycles. The van der Waals surface area contributed by atoms with Crippen molar-refractivity contribution in [3.63, 3.8) is 0 Å². The van der Waals surface area contributed by atoms with Gasteiger partial charge in [0.25, 0.3) is 0 Å². The third kappa shape index (κ3) is 4.97. The van der Waals surface area contributed by atoms with Crippen LogP contribution in [0.3, 0.4) is 0 Å². The first-order valence-electron chi connectivity index (χ1n) is 3.96. The Balaban J connectivity index is 3.95. The van der Waals surface area contributed by atoms with Crippen LogP contribution in [0.4, 0.5) is 4.79 Å². The van der Waals surface area contributed by atoms with Gasteiger partial charge in [0, 0.05) is 6.04 Å². The molecule has 0 fully saturated rings. The molecule has 0 rings (SSSR count). The number of carbonyl (C=O) groups is 2. The highest BCUT2D eigenvalue weighted by atomic mass is 16.2. The standard InChI is InChI=1S/C8H15N3O2/c1-4-5(2)10-6(3)7(12)11-8(9)13/h4-6,10H,1H2,2-3H3,(H3,9,11,12,13). The average Bonchev–Trinajstić information content (AvgIpc) is 2.02. The Morgan fingerprint density at radius 2 is 2.00 bits per heavy atom.